The maximum absolute atomic E-state index is 5.44. The molecule has 1 aliphatic carbocycles. The van der Waals surface area contributed by atoms with E-state index in [-0.39, 0.29) is 0 Å². The average molecular weight is 228 g/mol. The highest BCUT2D eigenvalue weighted by molar-refractivity contribution is 5.38. The van der Waals surface area contributed by atoms with E-state index in [1.54, 1.807) is 0 Å². The first-order valence-electron chi connectivity index (χ1n) is 5.70. The second-order valence-corrected chi connectivity index (χ2v) is 4.13. The molecule has 0 radical (unpaired) electrons. The lowest BCUT2D eigenvalue weighted by molar-refractivity contribution is -0.164. The second kappa shape index (κ2) is 5.39. The molecule has 0 saturated heterocycles. The van der Waals surface area contributed by atoms with Crippen LogP contribution in [0.15, 0.2) is 65.5 Å². The number of allylic oxidation sites excluding steroid dienone is 5. The number of hydrogen-bond donors (Lipinski definition) is 0. The van der Waals surface area contributed by atoms with Gasteiger partial charge in [0, 0.05) is 5.57 Å². The fourth-order valence-electron chi connectivity index (χ4n) is 1.64. The van der Waals surface area contributed by atoms with E-state index < -0.39 is 0 Å². The standard InChI is InChI=1S/C15H16O2/c1-12(2)15(13-8-6-7-9-13)17-16-14-10-4-3-5-11-14/h3-8,10-11H,9H2,1-2H3. The van der Waals surface area contributed by atoms with Gasteiger partial charge in [-0.1, -0.05) is 36.4 Å². The van der Waals surface area contributed by atoms with E-state index in [2.05, 4.69) is 12.2 Å². The first kappa shape index (κ1) is 11.5. The largest absolute Gasteiger partial charge is 0.290 e. The van der Waals surface area contributed by atoms with Crippen molar-refractivity contribution >= 4 is 0 Å². The van der Waals surface area contributed by atoms with Crippen LogP contribution in [-0.2, 0) is 4.89 Å². The SMILES string of the molecule is CC(C)=C(OOc1ccccc1)C1=CC=CC1. The van der Waals surface area contributed by atoms with Gasteiger partial charge in [0.1, 0.15) is 0 Å². The molecule has 0 amide bonds. The van der Waals surface area contributed by atoms with Crippen molar-refractivity contribution in [3.05, 3.63) is 65.5 Å². The molecule has 0 aliphatic heterocycles. The minimum absolute atomic E-state index is 0.706. The monoisotopic (exact) mass is 228 g/mol. The first-order valence-corrected chi connectivity index (χ1v) is 5.70. The molecule has 0 aromatic heterocycles. The third-order valence-corrected chi connectivity index (χ3v) is 2.48. The number of para-hydroxylation sites is 1. The van der Waals surface area contributed by atoms with E-state index in [1.165, 1.54) is 0 Å². The van der Waals surface area contributed by atoms with Crippen molar-refractivity contribution < 1.29 is 9.78 Å². The predicted molar refractivity (Wildman–Crippen MR) is 68.4 cm³/mol. The summed E-state index contributed by atoms with van der Waals surface area (Å²) >= 11 is 0. The third kappa shape index (κ3) is 3.00. The van der Waals surface area contributed by atoms with Crippen LogP contribution in [0.1, 0.15) is 20.3 Å². The fourth-order valence-corrected chi connectivity index (χ4v) is 1.64. The maximum atomic E-state index is 5.44. The van der Waals surface area contributed by atoms with Gasteiger partial charge in [-0.3, -0.25) is 9.78 Å². The Labute approximate surface area is 102 Å². The smallest absolute Gasteiger partial charge is 0.180 e. The number of rotatable bonds is 4. The predicted octanol–water partition coefficient (Wildman–Crippen LogP) is 4.18. The Bertz CT molecular complexity index is 463. The van der Waals surface area contributed by atoms with Gasteiger partial charge >= 0.3 is 0 Å². The van der Waals surface area contributed by atoms with Crippen LogP contribution in [0.2, 0.25) is 0 Å². The van der Waals surface area contributed by atoms with Crippen molar-refractivity contribution in [2.45, 2.75) is 20.3 Å². The molecule has 0 fully saturated rings. The van der Waals surface area contributed by atoms with Gasteiger partial charge in [-0.2, -0.15) is 0 Å². The minimum atomic E-state index is 0.706. The first-order chi connectivity index (χ1) is 8.27. The summed E-state index contributed by atoms with van der Waals surface area (Å²) in [6.45, 7) is 4.03. The third-order valence-electron chi connectivity index (χ3n) is 2.48. The molecule has 0 unspecified atom stereocenters. The Hall–Kier alpha value is -1.96. The average Bonchev–Trinajstić information content (AvgIpc) is 2.84. The van der Waals surface area contributed by atoms with Crippen LogP contribution in [0.4, 0.5) is 0 Å². The zero-order valence-electron chi connectivity index (χ0n) is 10.1. The summed E-state index contributed by atoms with van der Waals surface area (Å²) in [4.78, 5) is 10.8. The molecule has 0 spiro atoms. The van der Waals surface area contributed by atoms with Gasteiger partial charge in [0.2, 0.25) is 0 Å². The molecule has 1 aromatic rings. The van der Waals surface area contributed by atoms with E-state index in [4.69, 9.17) is 9.78 Å². The van der Waals surface area contributed by atoms with Crippen LogP contribution in [-0.4, -0.2) is 0 Å². The molecule has 0 atom stereocenters. The van der Waals surface area contributed by atoms with E-state index in [9.17, 15) is 0 Å². The van der Waals surface area contributed by atoms with Crippen molar-refractivity contribution in [3.8, 4) is 5.75 Å². The van der Waals surface area contributed by atoms with Crippen LogP contribution < -0.4 is 4.89 Å². The molecule has 1 aliphatic rings. The van der Waals surface area contributed by atoms with Gasteiger partial charge in [0.15, 0.2) is 11.5 Å². The molecular formula is C15H16O2. The molecule has 88 valence electrons. The topological polar surface area (TPSA) is 18.5 Å². The zero-order valence-corrected chi connectivity index (χ0v) is 10.1. The summed E-state index contributed by atoms with van der Waals surface area (Å²) in [5, 5.41) is 0. The molecule has 2 nitrogen and oxygen atoms in total. The van der Waals surface area contributed by atoms with Crippen LogP contribution in [0, 0.1) is 0 Å². The molecule has 2 heteroatoms. The Morgan fingerprint density at radius 1 is 1.12 bits per heavy atom. The van der Waals surface area contributed by atoms with Crippen molar-refractivity contribution in [2.75, 3.05) is 0 Å². The van der Waals surface area contributed by atoms with Gasteiger partial charge < -0.3 is 0 Å². The zero-order chi connectivity index (χ0) is 12.1. The highest BCUT2D eigenvalue weighted by atomic mass is 17.2. The van der Waals surface area contributed by atoms with Gasteiger partial charge in [-0.25, -0.2) is 0 Å². The lowest BCUT2D eigenvalue weighted by Gasteiger charge is -2.11. The fraction of sp³-hybridized carbons (Fsp3) is 0.200. The molecule has 0 bridgehead atoms. The van der Waals surface area contributed by atoms with E-state index in [0.717, 1.165) is 23.3 Å². The molecule has 2 rings (SSSR count). The summed E-state index contributed by atoms with van der Waals surface area (Å²) in [5.74, 6) is 1.52. The van der Waals surface area contributed by atoms with E-state index >= 15 is 0 Å². The van der Waals surface area contributed by atoms with Gasteiger partial charge in [0.05, 0.1) is 0 Å². The van der Waals surface area contributed by atoms with Crippen molar-refractivity contribution in [1.82, 2.24) is 0 Å². The number of benzene rings is 1. The molecular weight excluding hydrogens is 212 g/mol. The molecule has 0 heterocycles. The normalized spacial score (nSPS) is 13.2. The van der Waals surface area contributed by atoms with E-state index in [1.807, 2.05) is 50.3 Å². The van der Waals surface area contributed by atoms with Crippen LogP contribution >= 0.6 is 0 Å². The summed E-state index contributed by atoms with van der Waals surface area (Å²) in [5.41, 5.74) is 2.26. The van der Waals surface area contributed by atoms with E-state index in [0.29, 0.717) is 5.75 Å². The lowest BCUT2D eigenvalue weighted by atomic mass is 10.1. The highest BCUT2D eigenvalue weighted by Crippen LogP contribution is 2.24. The second-order valence-electron chi connectivity index (χ2n) is 4.13. The number of hydrogen-bond acceptors (Lipinski definition) is 2. The molecule has 17 heavy (non-hydrogen) atoms. The van der Waals surface area contributed by atoms with Crippen molar-refractivity contribution in [1.29, 1.82) is 0 Å². The van der Waals surface area contributed by atoms with Gasteiger partial charge in [0.25, 0.3) is 0 Å². The maximum Gasteiger partial charge on any atom is 0.180 e. The molecule has 0 N–H and O–H groups in total. The minimum Gasteiger partial charge on any atom is -0.290 e. The molecule has 0 saturated carbocycles. The van der Waals surface area contributed by atoms with Crippen LogP contribution in [0.3, 0.4) is 0 Å². The van der Waals surface area contributed by atoms with Crippen molar-refractivity contribution in [2.24, 2.45) is 0 Å². The van der Waals surface area contributed by atoms with Gasteiger partial charge in [-0.05, 0) is 38.0 Å². The van der Waals surface area contributed by atoms with Crippen LogP contribution in [0.25, 0.3) is 0 Å². The quantitative estimate of drug-likeness (QED) is 0.437. The van der Waals surface area contributed by atoms with Crippen LogP contribution in [0.5, 0.6) is 5.75 Å². The van der Waals surface area contributed by atoms with Gasteiger partial charge in [-0.15, -0.1) is 0 Å². The Morgan fingerprint density at radius 2 is 1.88 bits per heavy atom. The Kier molecular flexibility index (Phi) is 3.66. The summed E-state index contributed by atoms with van der Waals surface area (Å²) in [6, 6.07) is 9.50. The Balaban J connectivity index is 2.03. The Morgan fingerprint density at radius 3 is 2.47 bits per heavy atom. The summed E-state index contributed by atoms with van der Waals surface area (Å²) in [6.07, 6.45) is 7.09. The highest BCUT2D eigenvalue weighted by Gasteiger charge is 2.11. The lowest BCUT2D eigenvalue weighted by Crippen LogP contribution is -2.01. The summed E-state index contributed by atoms with van der Waals surface area (Å²) < 4.78 is 0. The molecule has 1 aromatic carbocycles. The summed E-state index contributed by atoms with van der Waals surface area (Å²) in [7, 11) is 0. The van der Waals surface area contributed by atoms with Crippen molar-refractivity contribution in [3.63, 3.8) is 0 Å².